The van der Waals surface area contributed by atoms with Gasteiger partial charge in [-0.15, -0.1) is 0 Å². The molecule has 0 aliphatic carbocycles. The zero-order chi connectivity index (χ0) is 4.99. The van der Waals surface area contributed by atoms with Crippen LogP contribution in [-0.4, -0.2) is 0 Å². The molecule has 0 aromatic rings. The summed E-state index contributed by atoms with van der Waals surface area (Å²) in [6.07, 6.45) is 1.75. The monoisotopic (exact) mass is 128 g/mol. The van der Waals surface area contributed by atoms with E-state index in [1.807, 2.05) is 0 Å². The summed E-state index contributed by atoms with van der Waals surface area (Å²) in [5.41, 5.74) is 0. The Kier molecular flexibility index (Phi) is 3.47. The molecule has 0 saturated carbocycles. The van der Waals surface area contributed by atoms with Crippen molar-refractivity contribution in [3.8, 4) is 0 Å². The van der Waals surface area contributed by atoms with Crippen molar-refractivity contribution in [3.05, 3.63) is 12.7 Å². The van der Waals surface area contributed by atoms with Crippen LogP contribution in [0.3, 0.4) is 0 Å². The summed E-state index contributed by atoms with van der Waals surface area (Å²) in [5.74, 6) is 0. The van der Waals surface area contributed by atoms with Gasteiger partial charge in [-0.1, -0.05) is 0 Å². The van der Waals surface area contributed by atoms with E-state index in [1.165, 1.54) is 0 Å². The molecule has 0 rings (SSSR count). The van der Waals surface area contributed by atoms with E-state index in [4.69, 9.17) is 9.50 Å². The molecule has 0 aromatic heterocycles. The summed E-state index contributed by atoms with van der Waals surface area (Å²) in [7, 11) is 0. The fourth-order valence-corrected chi connectivity index (χ4v) is 0.519. The van der Waals surface area contributed by atoms with Gasteiger partial charge in [-0.05, 0) is 0 Å². The Morgan fingerprint density at radius 1 is 1.67 bits per heavy atom. The van der Waals surface area contributed by atoms with E-state index in [0.717, 1.165) is 5.32 Å². The fourth-order valence-electron chi connectivity index (χ4n) is 0.126. The van der Waals surface area contributed by atoms with Gasteiger partial charge in [0.2, 0.25) is 0 Å². The second-order valence-electron chi connectivity index (χ2n) is 0.878. The molecule has 0 atom stereocenters. The van der Waals surface area contributed by atoms with Crippen molar-refractivity contribution in [2.75, 3.05) is 0 Å². The van der Waals surface area contributed by atoms with Crippen LogP contribution in [-0.2, 0) is 14.3 Å². The topological polar surface area (TPSA) is 52.0 Å². The van der Waals surface area contributed by atoms with Crippen molar-refractivity contribution in [2.24, 2.45) is 9.50 Å². The van der Waals surface area contributed by atoms with Crippen molar-refractivity contribution in [2.45, 2.75) is 5.32 Å². The molecule has 0 bridgehead atoms. The minimum atomic E-state index is -1.02. The Hall–Kier alpha value is 0.179. The molecule has 0 saturated heterocycles. The summed E-state index contributed by atoms with van der Waals surface area (Å²) < 4.78 is 10.4. The van der Waals surface area contributed by atoms with Gasteiger partial charge in [-0.25, -0.2) is 0 Å². The molecule has 4 N–H and O–H groups in total. The van der Waals surface area contributed by atoms with Crippen molar-refractivity contribution in [3.63, 3.8) is 0 Å². The third-order valence-corrected chi connectivity index (χ3v) is 1.18. The van der Waals surface area contributed by atoms with E-state index < -0.39 is 14.3 Å². The average molecular weight is 128 g/mol. The normalized spacial score (nSPS) is 10.7. The van der Waals surface area contributed by atoms with Gasteiger partial charge >= 0.3 is 41.8 Å². The first kappa shape index (κ1) is 6.18. The number of hydrogen-bond donors (Lipinski definition) is 2. The third kappa shape index (κ3) is 4.18. The van der Waals surface area contributed by atoms with Gasteiger partial charge in [0.25, 0.3) is 0 Å². The first-order valence-electron chi connectivity index (χ1n) is 1.52. The maximum atomic E-state index is 5.21. The predicted octanol–water partition coefficient (Wildman–Crippen LogP) is -0.0437. The summed E-state index contributed by atoms with van der Waals surface area (Å²) >= 11 is -1.02. The molecular weight excluding hydrogens is 119 g/mol. The standard InChI is InChI=1S/C3H5.Mn.2H2N/c1-3-2;;;/h3H,1-2H2;;2*1H2/q;+2;2*-1. The van der Waals surface area contributed by atoms with Crippen LogP contribution in [0.4, 0.5) is 0 Å². The van der Waals surface area contributed by atoms with Crippen molar-refractivity contribution in [1.82, 2.24) is 0 Å². The van der Waals surface area contributed by atoms with E-state index in [9.17, 15) is 0 Å². The quantitative estimate of drug-likeness (QED) is 0.405. The molecule has 0 fully saturated rings. The van der Waals surface area contributed by atoms with Crippen molar-refractivity contribution >= 4 is 0 Å². The minimum absolute atomic E-state index is 0.799. The van der Waals surface area contributed by atoms with Crippen LogP contribution < -0.4 is 9.50 Å². The molecule has 6 heavy (non-hydrogen) atoms. The zero-order valence-corrected chi connectivity index (χ0v) is 4.70. The second kappa shape index (κ2) is 3.37. The van der Waals surface area contributed by atoms with Gasteiger partial charge in [0.1, 0.15) is 0 Å². The molecule has 38 valence electrons. The third-order valence-electron chi connectivity index (χ3n) is 0.287. The van der Waals surface area contributed by atoms with Crippen LogP contribution >= 0.6 is 0 Å². The predicted molar refractivity (Wildman–Crippen MR) is 23.4 cm³/mol. The van der Waals surface area contributed by atoms with Crippen LogP contribution in [0, 0.1) is 0 Å². The first-order chi connectivity index (χ1) is 2.77. The van der Waals surface area contributed by atoms with Gasteiger partial charge in [0, 0.05) is 0 Å². The maximum absolute atomic E-state index is 5.21. The molecule has 0 aliphatic rings. The molecule has 0 spiro atoms. The van der Waals surface area contributed by atoms with Gasteiger partial charge < -0.3 is 0 Å². The summed E-state index contributed by atoms with van der Waals surface area (Å²) in [4.78, 5) is 0. The van der Waals surface area contributed by atoms with E-state index in [2.05, 4.69) is 6.58 Å². The van der Waals surface area contributed by atoms with Gasteiger partial charge in [-0.2, -0.15) is 0 Å². The first-order valence-corrected chi connectivity index (χ1v) is 3.72. The Morgan fingerprint density at radius 3 is 2.17 bits per heavy atom. The number of allylic oxidation sites excluding steroid dienone is 1. The Bertz CT molecular complexity index is 44.1. The van der Waals surface area contributed by atoms with E-state index in [0.29, 0.717) is 0 Å². The SMILES string of the molecule is C=C[CH2][Mn]([NH2])[NH2]. The van der Waals surface area contributed by atoms with E-state index in [-0.39, 0.29) is 0 Å². The summed E-state index contributed by atoms with van der Waals surface area (Å²) in [6, 6.07) is 0. The fraction of sp³-hybridized carbons (Fsp3) is 0.333. The van der Waals surface area contributed by atoms with Crippen LogP contribution in [0.15, 0.2) is 12.7 Å². The molecule has 3 heteroatoms. The van der Waals surface area contributed by atoms with Gasteiger partial charge in [0.15, 0.2) is 0 Å². The zero-order valence-electron chi connectivity index (χ0n) is 3.52. The van der Waals surface area contributed by atoms with Crippen molar-refractivity contribution < 1.29 is 14.3 Å². The number of nitrogens with two attached hydrogens (primary N) is 2. The summed E-state index contributed by atoms with van der Waals surface area (Å²) in [5, 5.41) is 0.799. The van der Waals surface area contributed by atoms with Crippen molar-refractivity contribution in [1.29, 1.82) is 0 Å². The van der Waals surface area contributed by atoms with Crippen LogP contribution in [0.5, 0.6) is 0 Å². The van der Waals surface area contributed by atoms with E-state index >= 15 is 0 Å². The summed E-state index contributed by atoms with van der Waals surface area (Å²) in [6.45, 7) is 3.47. The molecule has 0 amide bonds. The molecule has 0 heterocycles. The number of rotatable bonds is 2. The molecule has 0 aromatic carbocycles. The molecule has 0 aliphatic heterocycles. The van der Waals surface area contributed by atoms with Crippen LogP contribution in [0.2, 0.25) is 5.32 Å². The number of hydrogen-bond acceptors (Lipinski definition) is 2. The molecule has 0 unspecified atom stereocenters. The van der Waals surface area contributed by atoms with Gasteiger partial charge in [-0.3, -0.25) is 0 Å². The van der Waals surface area contributed by atoms with Crippen LogP contribution in [0.25, 0.3) is 0 Å². The molecular formula is C3H9MnN2. The van der Waals surface area contributed by atoms with Gasteiger partial charge in [0.05, 0.1) is 0 Å². The van der Waals surface area contributed by atoms with E-state index in [1.54, 1.807) is 6.08 Å². The molecule has 0 radical (unpaired) electrons. The Morgan fingerprint density at radius 2 is 2.17 bits per heavy atom. The van der Waals surface area contributed by atoms with Crippen LogP contribution in [0.1, 0.15) is 0 Å². The Balaban J connectivity index is 2.81. The average Bonchev–Trinajstić information content (AvgIpc) is 1.35. The second-order valence-corrected chi connectivity index (χ2v) is 2.72. The molecule has 2 nitrogen and oxygen atoms in total. The Labute approximate surface area is 42.5 Å².